The highest BCUT2D eigenvalue weighted by Crippen LogP contribution is 2.15. The fourth-order valence-electron chi connectivity index (χ4n) is 1.32. The summed E-state index contributed by atoms with van der Waals surface area (Å²) >= 11 is 0. The minimum absolute atomic E-state index is 1.13. The largest absolute Gasteiger partial charge is 0.0984 e. The van der Waals surface area contributed by atoms with Gasteiger partial charge in [0, 0.05) is 0 Å². The van der Waals surface area contributed by atoms with Crippen LogP contribution in [0.1, 0.15) is 40.5 Å². The molecule has 0 aliphatic carbocycles. The molecule has 0 nitrogen and oxygen atoms in total. The summed E-state index contributed by atoms with van der Waals surface area (Å²) in [6.07, 6.45) is 15.0. The average molecular weight is 216 g/mol. The van der Waals surface area contributed by atoms with Gasteiger partial charge >= 0.3 is 0 Å². The van der Waals surface area contributed by atoms with Gasteiger partial charge in [-0.3, -0.25) is 0 Å². The van der Waals surface area contributed by atoms with Gasteiger partial charge in [-0.25, -0.2) is 0 Å². The fourth-order valence-corrected chi connectivity index (χ4v) is 1.32. The fraction of sp³-hybridized carbons (Fsp3) is 0.375. The molecular formula is C16H24. The summed E-state index contributed by atoms with van der Waals surface area (Å²) < 4.78 is 0. The predicted molar refractivity (Wildman–Crippen MR) is 75.5 cm³/mol. The molecule has 0 saturated carbocycles. The zero-order chi connectivity index (χ0) is 12.4. The minimum Gasteiger partial charge on any atom is -0.0984 e. The summed E-state index contributed by atoms with van der Waals surface area (Å²) in [7, 11) is 0. The van der Waals surface area contributed by atoms with E-state index >= 15 is 0 Å². The lowest BCUT2D eigenvalue weighted by Crippen LogP contribution is -1.84. The molecule has 0 saturated heterocycles. The second-order valence-corrected chi connectivity index (χ2v) is 3.77. The topological polar surface area (TPSA) is 0 Å². The van der Waals surface area contributed by atoms with E-state index in [4.69, 9.17) is 0 Å². The second kappa shape index (κ2) is 8.96. The number of rotatable bonds is 6. The molecule has 0 N–H and O–H groups in total. The van der Waals surface area contributed by atoms with Crippen molar-refractivity contribution in [2.45, 2.75) is 40.5 Å². The van der Waals surface area contributed by atoms with Crippen molar-refractivity contribution in [1.29, 1.82) is 0 Å². The molecule has 0 rings (SSSR count). The van der Waals surface area contributed by atoms with Crippen LogP contribution in [0.15, 0.2) is 59.8 Å². The van der Waals surface area contributed by atoms with Crippen LogP contribution >= 0.6 is 0 Å². The molecule has 0 aromatic rings. The molecule has 0 bridgehead atoms. The van der Waals surface area contributed by atoms with Crippen LogP contribution in [0.2, 0.25) is 0 Å². The second-order valence-electron chi connectivity index (χ2n) is 3.77. The van der Waals surface area contributed by atoms with E-state index in [0.29, 0.717) is 0 Å². The van der Waals surface area contributed by atoms with Crippen molar-refractivity contribution in [3.63, 3.8) is 0 Å². The first-order valence-electron chi connectivity index (χ1n) is 5.99. The van der Waals surface area contributed by atoms with E-state index in [9.17, 15) is 0 Å². The maximum absolute atomic E-state index is 3.88. The highest BCUT2D eigenvalue weighted by molar-refractivity contribution is 5.48. The van der Waals surface area contributed by atoms with Crippen molar-refractivity contribution in [3.8, 4) is 0 Å². The monoisotopic (exact) mass is 216 g/mol. The average Bonchev–Trinajstić information content (AvgIpc) is 2.32. The normalized spacial score (nSPS) is 14.6. The van der Waals surface area contributed by atoms with E-state index in [1.165, 1.54) is 23.1 Å². The van der Waals surface area contributed by atoms with Gasteiger partial charge in [0.25, 0.3) is 0 Å². The molecule has 0 radical (unpaired) electrons. The summed E-state index contributed by atoms with van der Waals surface area (Å²) in [5.74, 6) is 0. The van der Waals surface area contributed by atoms with E-state index in [1.807, 2.05) is 6.08 Å². The molecular weight excluding hydrogens is 192 g/mol. The third-order valence-electron chi connectivity index (χ3n) is 2.46. The lowest BCUT2D eigenvalue weighted by molar-refractivity contribution is 0.958. The molecule has 0 atom stereocenters. The summed E-state index contributed by atoms with van der Waals surface area (Å²) in [5.41, 5.74) is 3.69. The van der Waals surface area contributed by atoms with E-state index in [2.05, 4.69) is 64.7 Å². The number of hydrogen-bond acceptors (Lipinski definition) is 0. The Kier molecular flexibility index (Phi) is 8.24. The van der Waals surface area contributed by atoms with Crippen LogP contribution in [-0.4, -0.2) is 0 Å². The lowest BCUT2D eigenvalue weighted by Gasteiger charge is -2.03. The van der Waals surface area contributed by atoms with Crippen LogP contribution in [0.4, 0.5) is 0 Å². The van der Waals surface area contributed by atoms with E-state index < -0.39 is 0 Å². The molecule has 0 aliphatic heterocycles. The standard InChI is InChI=1S/C16H24/c1-6-10-11-12-15(8-3)16(9-4)13-14(5)7-2/h7-9,11-13H,4,6,10H2,1-3,5H3/b12-11-,14-7-,15-8+,16-13+. The van der Waals surface area contributed by atoms with Crippen molar-refractivity contribution in [2.24, 2.45) is 0 Å². The van der Waals surface area contributed by atoms with E-state index in [0.717, 1.165) is 6.42 Å². The molecule has 0 aromatic heterocycles. The quantitative estimate of drug-likeness (QED) is 0.524. The van der Waals surface area contributed by atoms with Crippen LogP contribution < -0.4 is 0 Å². The van der Waals surface area contributed by atoms with Gasteiger partial charge in [-0.2, -0.15) is 0 Å². The van der Waals surface area contributed by atoms with Gasteiger partial charge in [-0.1, -0.05) is 62.0 Å². The van der Waals surface area contributed by atoms with Crippen molar-refractivity contribution < 1.29 is 0 Å². The Balaban J connectivity index is 4.92. The van der Waals surface area contributed by atoms with Crippen LogP contribution in [0.5, 0.6) is 0 Å². The number of unbranched alkanes of at least 4 members (excludes halogenated alkanes) is 1. The molecule has 0 heteroatoms. The lowest BCUT2D eigenvalue weighted by atomic mass is 10.0. The molecule has 16 heavy (non-hydrogen) atoms. The smallest absolute Gasteiger partial charge is 0.0191 e. The summed E-state index contributed by atoms with van der Waals surface area (Å²) in [5, 5.41) is 0. The van der Waals surface area contributed by atoms with Gasteiger partial charge in [0.2, 0.25) is 0 Å². The zero-order valence-corrected chi connectivity index (χ0v) is 11.1. The first-order chi connectivity index (χ1) is 7.69. The Morgan fingerprint density at radius 3 is 2.25 bits per heavy atom. The van der Waals surface area contributed by atoms with Gasteiger partial charge in [-0.05, 0) is 38.3 Å². The molecule has 0 aromatic carbocycles. The SMILES string of the molecule is C=CC(=C\C(C)=C/C)/C(/C=C\CCC)=C/C. The number of hydrogen-bond donors (Lipinski definition) is 0. The predicted octanol–water partition coefficient (Wildman–Crippen LogP) is 5.37. The minimum atomic E-state index is 1.13. The molecule has 88 valence electrons. The van der Waals surface area contributed by atoms with E-state index in [-0.39, 0.29) is 0 Å². The Morgan fingerprint density at radius 1 is 1.12 bits per heavy atom. The molecule has 0 fully saturated rings. The maximum Gasteiger partial charge on any atom is -0.0191 e. The molecule has 0 heterocycles. The van der Waals surface area contributed by atoms with Crippen LogP contribution in [-0.2, 0) is 0 Å². The van der Waals surface area contributed by atoms with Crippen molar-refractivity contribution in [3.05, 3.63) is 59.8 Å². The Bertz CT molecular complexity index is 322. The molecule has 0 spiro atoms. The summed E-state index contributed by atoms with van der Waals surface area (Å²) in [6.45, 7) is 12.3. The first kappa shape index (κ1) is 14.7. The molecule has 0 amide bonds. The van der Waals surface area contributed by atoms with Crippen LogP contribution in [0.25, 0.3) is 0 Å². The highest BCUT2D eigenvalue weighted by atomic mass is 14.0. The summed E-state index contributed by atoms with van der Waals surface area (Å²) in [4.78, 5) is 0. The van der Waals surface area contributed by atoms with Crippen LogP contribution in [0, 0.1) is 0 Å². The third kappa shape index (κ3) is 5.55. The van der Waals surface area contributed by atoms with Gasteiger partial charge < -0.3 is 0 Å². The van der Waals surface area contributed by atoms with Gasteiger partial charge in [0.15, 0.2) is 0 Å². The zero-order valence-electron chi connectivity index (χ0n) is 11.1. The first-order valence-corrected chi connectivity index (χ1v) is 5.99. The van der Waals surface area contributed by atoms with E-state index in [1.54, 1.807) is 0 Å². The Labute approximate surface area is 101 Å². The third-order valence-corrected chi connectivity index (χ3v) is 2.46. The van der Waals surface area contributed by atoms with Gasteiger partial charge in [0.1, 0.15) is 0 Å². The van der Waals surface area contributed by atoms with Crippen molar-refractivity contribution in [1.82, 2.24) is 0 Å². The Hall–Kier alpha value is -1.30. The maximum atomic E-state index is 3.88. The highest BCUT2D eigenvalue weighted by Gasteiger charge is 1.96. The Morgan fingerprint density at radius 2 is 1.81 bits per heavy atom. The molecule has 0 unspecified atom stereocenters. The van der Waals surface area contributed by atoms with Crippen molar-refractivity contribution >= 4 is 0 Å². The van der Waals surface area contributed by atoms with Gasteiger partial charge in [-0.15, -0.1) is 0 Å². The van der Waals surface area contributed by atoms with Gasteiger partial charge in [0.05, 0.1) is 0 Å². The number of allylic oxidation sites excluding steroid dienone is 9. The molecule has 0 aliphatic rings. The van der Waals surface area contributed by atoms with Crippen molar-refractivity contribution in [2.75, 3.05) is 0 Å². The summed E-state index contributed by atoms with van der Waals surface area (Å²) in [6, 6.07) is 0. The van der Waals surface area contributed by atoms with Crippen LogP contribution in [0.3, 0.4) is 0 Å².